The Morgan fingerprint density at radius 3 is 1.68 bits per heavy atom. The van der Waals surface area contributed by atoms with Crippen molar-refractivity contribution in [2.75, 3.05) is 0 Å². The molecule has 0 saturated heterocycles. The van der Waals surface area contributed by atoms with Crippen LogP contribution in [0.4, 0.5) is 0 Å². The molecule has 4 aromatic carbocycles. The first-order valence-electron chi connectivity index (χ1n) is 15.1. The van der Waals surface area contributed by atoms with E-state index >= 15 is 0 Å². The van der Waals surface area contributed by atoms with Gasteiger partial charge in [-0.15, -0.1) is 90.0 Å². The molecule has 4 nitrogen and oxygen atoms in total. The second-order valence-electron chi connectivity index (χ2n) is 10.8. The summed E-state index contributed by atoms with van der Waals surface area (Å²) in [7, 11) is 0. The Bertz CT molecular complexity index is 2100. The summed E-state index contributed by atoms with van der Waals surface area (Å²) in [6.45, 7) is 6.02. The van der Waals surface area contributed by atoms with Gasteiger partial charge in [0.1, 0.15) is 5.58 Å². The molecule has 0 amide bonds. The van der Waals surface area contributed by atoms with Crippen LogP contribution in [-0.2, 0) is 20.1 Å². The Labute approximate surface area is 289 Å². The van der Waals surface area contributed by atoms with E-state index in [1.54, 1.807) is 0 Å². The van der Waals surface area contributed by atoms with E-state index in [-0.39, 0.29) is 20.1 Å². The second kappa shape index (κ2) is 15.9. The number of para-hydroxylation sites is 1. The summed E-state index contributed by atoms with van der Waals surface area (Å²) in [6.07, 6.45) is 1.87. The molecular weight excluding hydrogens is 755 g/mol. The van der Waals surface area contributed by atoms with E-state index in [2.05, 4.69) is 45.3 Å². The van der Waals surface area contributed by atoms with Gasteiger partial charge in [0, 0.05) is 23.0 Å². The van der Waals surface area contributed by atoms with Crippen molar-refractivity contribution in [3.63, 3.8) is 0 Å². The number of hydrogen-bond donors (Lipinski definition) is 0. The smallest absolute Gasteiger partial charge is 0.501 e. The van der Waals surface area contributed by atoms with Gasteiger partial charge in [-0.1, -0.05) is 65.5 Å². The Hall–Kier alpha value is -5.22. The van der Waals surface area contributed by atoms with Crippen LogP contribution in [0.5, 0.6) is 0 Å². The normalized spacial score (nSPS) is 10.3. The molecule has 0 fully saturated rings. The van der Waals surface area contributed by atoms with E-state index in [0.717, 1.165) is 72.7 Å². The first-order valence-corrected chi connectivity index (χ1v) is 15.1. The van der Waals surface area contributed by atoms with Crippen molar-refractivity contribution in [1.29, 1.82) is 0 Å². The monoisotopic (exact) mass is 787 g/mol. The SMILES string of the molecule is Cc1ccc(-c2[c-]ccc3c2oc2ccccc23)nc1.Cc1cccc(-c2[c-]cccc2)n1.Cc1cccc(-c2[c-]cccc2)n1.[Ir+3]. The van der Waals surface area contributed by atoms with Crippen molar-refractivity contribution in [3.8, 4) is 33.8 Å². The van der Waals surface area contributed by atoms with Crippen LogP contribution in [0.2, 0.25) is 0 Å². The number of rotatable bonds is 3. The van der Waals surface area contributed by atoms with E-state index in [4.69, 9.17) is 4.42 Å². The van der Waals surface area contributed by atoms with Gasteiger partial charge in [-0.05, 0) is 61.6 Å². The summed E-state index contributed by atoms with van der Waals surface area (Å²) in [5, 5.41) is 2.24. The molecule has 230 valence electrons. The molecule has 4 heterocycles. The van der Waals surface area contributed by atoms with Gasteiger partial charge in [0.2, 0.25) is 0 Å². The Kier molecular flexibility index (Phi) is 11.2. The van der Waals surface area contributed by atoms with Crippen molar-refractivity contribution in [3.05, 3.63) is 175 Å². The van der Waals surface area contributed by atoms with Crippen LogP contribution in [0.25, 0.3) is 55.7 Å². The standard InChI is InChI=1S/C18H12NO.2C12H10N.Ir/c1-12-9-10-16(19-11-12)15-7-4-6-14-13-5-2-3-8-17(13)20-18(14)15;2*1-10-6-5-9-12(13-10)11-7-3-2-4-8-11;/h2-6,8-11H,1H3;2*2-7,9H,1H3;/q3*-1;+3. The van der Waals surface area contributed by atoms with Gasteiger partial charge in [-0.3, -0.25) is 0 Å². The topological polar surface area (TPSA) is 51.8 Å². The fourth-order valence-corrected chi connectivity index (χ4v) is 4.99. The minimum atomic E-state index is 0. The molecule has 8 rings (SSSR count). The average Bonchev–Trinajstić information content (AvgIpc) is 3.49. The van der Waals surface area contributed by atoms with Gasteiger partial charge < -0.3 is 19.4 Å². The second-order valence-corrected chi connectivity index (χ2v) is 10.8. The number of aryl methyl sites for hydroxylation is 3. The van der Waals surface area contributed by atoms with Crippen molar-refractivity contribution in [2.45, 2.75) is 20.8 Å². The van der Waals surface area contributed by atoms with Gasteiger partial charge in [-0.25, -0.2) is 0 Å². The van der Waals surface area contributed by atoms with E-state index in [9.17, 15) is 0 Å². The van der Waals surface area contributed by atoms with E-state index in [1.165, 1.54) is 0 Å². The molecule has 0 spiro atoms. The van der Waals surface area contributed by atoms with Crippen LogP contribution in [0, 0.1) is 39.0 Å². The number of benzene rings is 4. The van der Waals surface area contributed by atoms with Crippen molar-refractivity contribution >= 4 is 21.9 Å². The molecule has 47 heavy (non-hydrogen) atoms. The van der Waals surface area contributed by atoms with Crippen LogP contribution in [0.15, 0.2) is 144 Å². The molecule has 4 aromatic heterocycles. The third kappa shape index (κ3) is 8.33. The minimum Gasteiger partial charge on any atom is -0.501 e. The maximum absolute atomic E-state index is 6.00. The minimum absolute atomic E-state index is 0. The predicted octanol–water partition coefficient (Wildman–Crippen LogP) is 10.5. The van der Waals surface area contributed by atoms with Crippen molar-refractivity contribution in [2.24, 2.45) is 0 Å². The number of fused-ring (bicyclic) bond motifs is 3. The van der Waals surface area contributed by atoms with E-state index in [0.29, 0.717) is 0 Å². The summed E-state index contributed by atoms with van der Waals surface area (Å²) in [4.78, 5) is 13.3. The maximum atomic E-state index is 6.00. The van der Waals surface area contributed by atoms with E-state index < -0.39 is 0 Å². The van der Waals surface area contributed by atoms with Gasteiger partial charge >= 0.3 is 20.1 Å². The Morgan fingerprint density at radius 1 is 0.511 bits per heavy atom. The average molecular weight is 787 g/mol. The first-order chi connectivity index (χ1) is 22.5. The van der Waals surface area contributed by atoms with Gasteiger partial charge in [0.15, 0.2) is 0 Å². The Balaban J connectivity index is 0.000000142. The summed E-state index contributed by atoms with van der Waals surface area (Å²) in [6, 6.07) is 53.4. The summed E-state index contributed by atoms with van der Waals surface area (Å²) in [5.41, 5.74) is 10.8. The molecule has 0 atom stereocenters. The summed E-state index contributed by atoms with van der Waals surface area (Å²) in [5.74, 6) is 0. The van der Waals surface area contributed by atoms with Crippen LogP contribution >= 0.6 is 0 Å². The predicted molar refractivity (Wildman–Crippen MR) is 187 cm³/mol. The zero-order valence-electron chi connectivity index (χ0n) is 26.4. The Morgan fingerprint density at radius 2 is 1.13 bits per heavy atom. The van der Waals surface area contributed by atoms with Crippen molar-refractivity contribution in [1.82, 2.24) is 15.0 Å². The largest absolute Gasteiger partial charge is 3.00 e. The maximum Gasteiger partial charge on any atom is 3.00 e. The van der Waals surface area contributed by atoms with Crippen LogP contribution in [0.3, 0.4) is 0 Å². The van der Waals surface area contributed by atoms with E-state index in [1.807, 2.05) is 148 Å². The van der Waals surface area contributed by atoms with Gasteiger partial charge in [0.05, 0.1) is 5.58 Å². The quantitative estimate of drug-likeness (QED) is 0.167. The molecule has 0 radical (unpaired) electrons. The molecule has 0 unspecified atom stereocenters. The van der Waals surface area contributed by atoms with Crippen LogP contribution < -0.4 is 0 Å². The number of furan rings is 1. The third-order valence-electron chi connectivity index (χ3n) is 7.25. The zero-order chi connectivity index (χ0) is 31.7. The summed E-state index contributed by atoms with van der Waals surface area (Å²) >= 11 is 0. The van der Waals surface area contributed by atoms with Crippen LogP contribution in [0.1, 0.15) is 17.0 Å². The van der Waals surface area contributed by atoms with Crippen LogP contribution in [-0.4, -0.2) is 15.0 Å². The number of aromatic nitrogens is 3. The zero-order valence-corrected chi connectivity index (χ0v) is 28.8. The van der Waals surface area contributed by atoms with Gasteiger partial charge in [-0.2, -0.15) is 0 Å². The molecule has 0 N–H and O–H groups in total. The molecule has 0 saturated carbocycles. The number of pyridine rings is 3. The summed E-state index contributed by atoms with van der Waals surface area (Å²) < 4.78 is 6.00. The van der Waals surface area contributed by atoms with Crippen molar-refractivity contribution < 1.29 is 24.5 Å². The number of hydrogen-bond acceptors (Lipinski definition) is 4. The molecule has 0 bridgehead atoms. The molecule has 5 heteroatoms. The number of nitrogens with zero attached hydrogens (tertiary/aromatic N) is 3. The fourth-order valence-electron chi connectivity index (χ4n) is 4.99. The first kappa shape index (κ1) is 33.2. The molecule has 0 aliphatic heterocycles. The fraction of sp³-hybridized carbons (Fsp3) is 0.0714. The molecular formula is C42H32IrN3O. The molecule has 8 aromatic rings. The van der Waals surface area contributed by atoms with Gasteiger partial charge in [0.25, 0.3) is 0 Å². The molecule has 0 aliphatic rings. The third-order valence-corrected chi connectivity index (χ3v) is 7.25. The molecule has 0 aliphatic carbocycles.